The first-order valence-electron chi connectivity index (χ1n) is 5.60. The normalized spacial score (nSPS) is 11.7. The van der Waals surface area contributed by atoms with Crippen molar-refractivity contribution in [2.45, 2.75) is 13.3 Å². The molecule has 0 bridgehead atoms. The zero-order valence-electron chi connectivity index (χ0n) is 10.2. The van der Waals surface area contributed by atoms with Gasteiger partial charge in [-0.1, -0.05) is 6.92 Å². The summed E-state index contributed by atoms with van der Waals surface area (Å²) in [5.41, 5.74) is 0.691. The van der Waals surface area contributed by atoms with Gasteiger partial charge in [-0.05, 0) is 62.6 Å². The zero-order chi connectivity index (χ0) is 14.4. The number of amides is 2. The molecule has 1 aromatic rings. The topological polar surface area (TPSA) is 78.4 Å². The molecule has 0 saturated carbocycles. The van der Waals surface area contributed by atoms with E-state index >= 15 is 0 Å². The molecule has 0 fully saturated rings. The van der Waals surface area contributed by atoms with Gasteiger partial charge in [0.2, 0.25) is 0 Å². The van der Waals surface area contributed by atoms with Gasteiger partial charge in [0.05, 0.1) is 0 Å². The van der Waals surface area contributed by atoms with Crippen LogP contribution in [0.2, 0.25) is 0 Å². The van der Waals surface area contributed by atoms with E-state index in [1.54, 1.807) is 13.0 Å². The third-order valence-corrected chi connectivity index (χ3v) is 4.64. The maximum Gasteiger partial charge on any atom is 0.319 e. The molecule has 0 aliphatic heterocycles. The second kappa shape index (κ2) is 7.68. The van der Waals surface area contributed by atoms with Gasteiger partial charge in [-0.25, -0.2) is 4.79 Å². The van der Waals surface area contributed by atoms with Crippen molar-refractivity contribution in [1.82, 2.24) is 5.32 Å². The van der Waals surface area contributed by atoms with Crippen molar-refractivity contribution in [2.24, 2.45) is 5.92 Å². The van der Waals surface area contributed by atoms with Crippen molar-refractivity contribution in [3.8, 4) is 0 Å². The van der Waals surface area contributed by atoms with Crippen molar-refractivity contribution in [2.75, 3.05) is 11.9 Å². The van der Waals surface area contributed by atoms with Crippen LogP contribution in [0.25, 0.3) is 0 Å². The lowest BCUT2D eigenvalue weighted by Crippen LogP contribution is -2.33. The largest absolute Gasteiger partial charge is 0.481 e. The highest BCUT2D eigenvalue weighted by atomic mass is 127. The van der Waals surface area contributed by atoms with E-state index in [1.807, 2.05) is 12.1 Å². The van der Waals surface area contributed by atoms with Crippen LogP contribution < -0.4 is 10.6 Å². The maximum absolute atomic E-state index is 11.6. The van der Waals surface area contributed by atoms with Crippen molar-refractivity contribution < 1.29 is 14.7 Å². The molecule has 1 rings (SSSR count). The molecule has 19 heavy (non-hydrogen) atoms. The van der Waals surface area contributed by atoms with E-state index in [2.05, 4.69) is 49.2 Å². The number of carbonyl (C=O) groups is 2. The molecule has 7 heteroatoms. The summed E-state index contributed by atoms with van der Waals surface area (Å²) in [6, 6.07) is 5.14. The van der Waals surface area contributed by atoms with Crippen LogP contribution in [0.5, 0.6) is 0 Å². The number of hydrogen-bond acceptors (Lipinski definition) is 2. The number of carboxylic acid groups (broad SMARTS) is 1. The monoisotopic (exact) mass is 440 g/mol. The predicted molar refractivity (Wildman–Crippen MR) is 85.3 cm³/mol. The van der Waals surface area contributed by atoms with Gasteiger partial charge in [0.1, 0.15) is 0 Å². The Balaban J connectivity index is 2.42. The van der Waals surface area contributed by atoms with Gasteiger partial charge < -0.3 is 15.7 Å². The fourth-order valence-corrected chi connectivity index (χ4v) is 2.15. The highest BCUT2D eigenvalue weighted by molar-refractivity contribution is 14.1. The SMILES string of the molecule is CC(CNC(=O)Nc1ccc(Br)c(I)c1)CC(=O)O. The maximum atomic E-state index is 11.6. The molecule has 3 N–H and O–H groups in total. The summed E-state index contributed by atoms with van der Waals surface area (Å²) in [6.45, 7) is 2.10. The van der Waals surface area contributed by atoms with E-state index in [-0.39, 0.29) is 18.4 Å². The van der Waals surface area contributed by atoms with Crippen LogP contribution in [-0.4, -0.2) is 23.7 Å². The van der Waals surface area contributed by atoms with Gasteiger partial charge in [0.15, 0.2) is 0 Å². The molecule has 0 heterocycles. The third-order valence-electron chi connectivity index (χ3n) is 2.31. The lowest BCUT2D eigenvalue weighted by Gasteiger charge is -2.11. The number of nitrogens with one attached hydrogen (secondary N) is 2. The van der Waals surface area contributed by atoms with Crippen molar-refractivity contribution in [3.63, 3.8) is 0 Å². The van der Waals surface area contributed by atoms with E-state index in [0.717, 1.165) is 8.04 Å². The first-order valence-corrected chi connectivity index (χ1v) is 7.47. The second-order valence-corrected chi connectivity index (χ2v) is 6.18. The minimum atomic E-state index is -0.864. The van der Waals surface area contributed by atoms with Crippen LogP contribution >= 0.6 is 38.5 Å². The fourth-order valence-electron chi connectivity index (χ4n) is 1.39. The lowest BCUT2D eigenvalue weighted by atomic mass is 10.1. The Morgan fingerprint density at radius 1 is 1.47 bits per heavy atom. The Morgan fingerprint density at radius 2 is 2.16 bits per heavy atom. The van der Waals surface area contributed by atoms with Crippen molar-refractivity contribution in [1.29, 1.82) is 0 Å². The summed E-state index contributed by atoms with van der Waals surface area (Å²) in [4.78, 5) is 22.1. The van der Waals surface area contributed by atoms with Crippen LogP contribution in [-0.2, 0) is 4.79 Å². The summed E-state index contributed by atoms with van der Waals surface area (Å²) in [7, 11) is 0. The molecule has 104 valence electrons. The Kier molecular flexibility index (Phi) is 6.56. The molecule has 0 radical (unpaired) electrons. The summed E-state index contributed by atoms with van der Waals surface area (Å²) in [5.74, 6) is -0.967. The number of anilines is 1. The first kappa shape index (κ1) is 16.2. The predicted octanol–water partition coefficient (Wildman–Crippen LogP) is 3.29. The molecule has 0 aliphatic rings. The molecule has 0 saturated heterocycles. The van der Waals surface area contributed by atoms with Crippen molar-refractivity contribution >= 4 is 56.2 Å². The zero-order valence-corrected chi connectivity index (χ0v) is 14.0. The van der Waals surface area contributed by atoms with E-state index in [1.165, 1.54) is 0 Å². The number of benzene rings is 1. The summed E-state index contributed by atoms with van der Waals surface area (Å²) < 4.78 is 1.96. The number of hydrogen-bond donors (Lipinski definition) is 3. The Hall–Kier alpha value is -0.830. The number of aliphatic carboxylic acids is 1. The molecule has 2 amide bonds. The number of halogens is 2. The minimum Gasteiger partial charge on any atom is -0.481 e. The molecule has 0 aromatic heterocycles. The molecule has 0 spiro atoms. The van der Waals surface area contributed by atoms with Crippen LogP contribution in [0.3, 0.4) is 0 Å². The first-order chi connectivity index (χ1) is 8.88. The van der Waals surface area contributed by atoms with Crippen LogP contribution in [0.1, 0.15) is 13.3 Å². The number of carbonyl (C=O) groups excluding carboxylic acids is 1. The molecule has 0 aliphatic carbocycles. The molecule has 5 nitrogen and oxygen atoms in total. The van der Waals surface area contributed by atoms with E-state index in [4.69, 9.17) is 5.11 Å². The van der Waals surface area contributed by atoms with Crippen LogP contribution in [0, 0.1) is 9.49 Å². The Morgan fingerprint density at radius 3 is 2.74 bits per heavy atom. The Labute approximate surface area is 133 Å². The van der Waals surface area contributed by atoms with E-state index < -0.39 is 5.97 Å². The third kappa shape index (κ3) is 6.24. The molecule has 1 aromatic carbocycles. The molecular weight excluding hydrogens is 427 g/mol. The van der Waals surface area contributed by atoms with Gasteiger partial charge >= 0.3 is 12.0 Å². The molecular formula is C12H14BrIN2O3. The average Bonchev–Trinajstić information content (AvgIpc) is 2.30. The van der Waals surface area contributed by atoms with Gasteiger partial charge in [-0.15, -0.1) is 0 Å². The number of rotatable bonds is 5. The van der Waals surface area contributed by atoms with Gasteiger partial charge in [0, 0.05) is 26.7 Å². The van der Waals surface area contributed by atoms with E-state index in [9.17, 15) is 9.59 Å². The van der Waals surface area contributed by atoms with Gasteiger partial charge in [0.25, 0.3) is 0 Å². The summed E-state index contributed by atoms with van der Waals surface area (Å²) in [6.07, 6.45) is 0.0382. The molecule has 1 atom stereocenters. The highest BCUT2D eigenvalue weighted by Crippen LogP contribution is 2.22. The van der Waals surface area contributed by atoms with E-state index in [0.29, 0.717) is 12.2 Å². The van der Waals surface area contributed by atoms with Gasteiger partial charge in [-0.3, -0.25) is 4.79 Å². The number of carboxylic acids is 1. The standard InChI is InChI=1S/C12H14BrIN2O3/c1-7(4-11(17)18)6-15-12(19)16-8-2-3-9(13)10(14)5-8/h2-3,5,7H,4,6H2,1H3,(H,17,18)(H2,15,16,19). The Bertz CT molecular complexity index is 482. The fraction of sp³-hybridized carbons (Fsp3) is 0.333. The minimum absolute atomic E-state index is 0.0382. The van der Waals surface area contributed by atoms with Crippen LogP contribution in [0.15, 0.2) is 22.7 Å². The quantitative estimate of drug-likeness (QED) is 0.614. The van der Waals surface area contributed by atoms with Crippen LogP contribution in [0.4, 0.5) is 10.5 Å². The van der Waals surface area contributed by atoms with Crippen molar-refractivity contribution in [3.05, 3.63) is 26.2 Å². The summed E-state index contributed by atoms with van der Waals surface area (Å²) >= 11 is 5.53. The summed E-state index contributed by atoms with van der Waals surface area (Å²) in [5, 5.41) is 13.9. The smallest absolute Gasteiger partial charge is 0.319 e. The molecule has 1 unspecified atom stereocenters. The number of urea groups is 1. The highest BCUT2D eigenvalue weighted by Gasteiger charge is 2.09. The second-order valence-electron chi connectivity index (χ2n) is 4.17. The lowest BCUT2D eigenvalue weighted by molar-refractivity contribution is -0.137. The van der Waals surface area contributed by atoms with Gasteiger partial charge in [-0.2, -0.15) is 0 Å². The average molecular weight is 441 g/mol.